The van der Waals surface area contributed by atoms with Gasteiger partial charge in [0.15, 0.2) is 0 Å². The van der Waals surface area contributed by atoms with Gasteiger partial charge < -0.3 is 10.2 Å². The lowest BCUT2D eigenvalue weighted by molar-refractivity contribution is -0.961. The molecule has 0 saturated carbocycles. The average Bonchev–Trinajstić information content (AvgIpc) is 2.49. The SMILES string of the molecule is CCC[NH+]1[C@@H]2CCC[C@H]1CC(NC(=O)c1ccccc1)C2. The van der Waals surface area contributed by atoms with Gasteiger partial charge in [0.25, 0.3) is 5.91 Å². The fourth-order valence-electron chi connectivity index (χ4n) is 4.31. The van der Waals surface area contributed by atoms with Crippen molar-refractivity contribution >= 4 is 5.91 Å². The van der Waals surface area contributed by atoms with Crippen LogP contribution >= 0.6 is 0 Å². The summed E-state index contributed by atoms with van der Waals surface area (Å²) in [5.74, 6) is 0.0950. The van der Waals surface area contributed by atoms with Crippen LogP contribution in [0.1, 0.15) is 55.8 Å². The number of amides is 1. The summed E-state index contributed by atoms with van der Waals surface area (Å²) in [6.07, 6.45) is 7.63. The van der Waals surface area contributed by atoms with Gasteiger partial charge in [-0.25, -0.2) is 0 Å². The zero-order valence-corrected chi connectivity index (χ0v) is 13.0. The number of fused-ring (bicyclic) bond motifs is 2. The minimum Gasteiger partial charge on any atom is -0.349 e. The van der Waals surface area contributed by atoms with Crippen molar-refractivity contribution in [1.82, 2.24) is 5.32 Å². The predicted molar refractivity (Wildman–Crippen MR) is 84.5 cm³/mol. The van der Waals surface area contributed by atoms with E-state index in [-0.39, 0.29) is 5.91 Å². The number of benzene rings is 1. The Bertz CT molecular complexity index is 459. The largest absolute Gasteiger partial charge is 0.349 e. The number of hydrogen-bond donors (Lipinski definition) is 2. The molecule has 0 aliphatic carbocycles. The Kier molecular flexibility index (Phi) is 4.59. The summed E-state index contributed by atoms with van der Waals surface area (Å²) in [6.45, 7) is 3.58. The van der Waals surface area contributed by atoms with E-state index in [1.165, 1.54) is 32.2 Å². The Morgan fingerprint density at radius 3 is 2.48 bits per heavy atom. The van der Waals surface area contributed by atoms with Gasteiger partial charge in [0.1, 0.15) is 0 Å². The summed E-state index contributed by atoms with van der Waals surface area (Å²) in [5.41, 5.74) is 0.783. The fraction of sp³-hybridized carbons (Fsp3) is 0.611. The normalized spacial score (nSPS) is 31.7. The zero-order valence-electron chi connectivity index (χ0n) is 13.0. The van der Waals surface area contributed by atoms with Crippen LogP contribution in [0.15, 0.2) is 30.3 Å². The van der Waals surface area contributed by atoms with E-state index in [0.717, 1.165) is 30.5 Å². The van der Waals surface area contributed by atoms with Gasteiger partial charge in [-0.2, -0.15) is 0 Å². The maximum Gasteiger partial charge on any atom is 0.251 e. The van der Waals surface area contributed by atoms with Gasteiger partial charge in [-0.15, -0.1) is 0 Å². The molecule has 0 radical (unpaired) electrons. The molecule has 3 nitrogen and oxygen atoms in total. The molecule has 3 heteroatoms. The van der Waals surface area contributed by atoms with Crippen LogP contribution in [0.2, 0.25) is 0 Å². The van der Waals surface area contributed by atoms with Crippen molar-refractivity contribution in [3.8, 4) is 0 Å². The van der Waals surface area contributed by atoms with Crippen molar-refractivity contribution in [2.24, 2.45) is 0 Å². The topological polar surface area (TPSA) is 33.5 Å². The van der Waals surface area contributed by atoms with Gasteiger partial charge >= 0.3 is 0 Å². The third-order valence-corrected chi connectivity index (χ3v) is 5.20. The van der Waals surface area contributed by atoms with Gasteiger partial charge in [0.2, 0.25) is 0 Å². The number of carbonyl (C=O) groups excluding carboxylic acids is 1. The minimum atomic E-state index is 0.0950. The van der Waals surface area contributed by atoms with Crippen LogP contribution in [-0.2, 0) is 0 Å². The fourth-order valence-corrected chi connectivity index (χ4v) is 4.31. The highest BCUT2D eigenvalue weighted by molar-refractivity contribution is 5.94. The highest BCUT2D eigenvalue weighted by atomic mass is 16.1. The zero-order chi connectivity index (χ0) is 14.7. The maximum absolute atomic E-state index is 12.3. The third kappa shape index (κ3) is 3.29. The number of rotatable bonds is 4. The van der Waals surface area contributed by atoms with Gasteiger partial charge in [-0.05, 0) is 37.8 Å². The minimum absolute atomic E-state index is 0.0950. The van der Waals surface area contributed by atoms with E-state index in [0.29, 0.717) is 6.04 Å². The molecule has 2 bridgehead atoms. The molecule has 2 N–H and O–H groups in total. The lowest BCUT2D eigenvalue weighted by Crippen LogP contribution is -3.21. The van der Waals surface area contributed by atoms with Crippen molar-refractivity contribution in [1.29, 1.82) is 0 Å². The second kappa shape index (κ2) is 6.61. The van der Waals surface area contributed by atoms with Crippen LogP contribution in [0.3, 0.4) is 0 Å². The van der Waals surface area contributed by atoms with Gasteiger partial charge in [-0.1, -0.05) is 25.1 Å². The molecule has 2 aliphatic heterocycles. The lowest BCUT2D eigenvalue weighted by Gasteiger charge is -2.46. The molecule has 2 aliphatic rings. The summed E-state index contributed by atoms with van der Waals surface area (Å²) in [7, 11) is 0. The molecule has 21 heavy (non-hydrogen) atoms. The van der Waals surface area contributed by atoms with E-state index < -0.39 is 0 Å². The van der Waals surface area contributed by atoms with Gasteiger partial charge in [0, 0.05) is 24.4 Å². The monoisotopic (exact) mass is 287 g/mol. The quantitative estimate of drug-likeness (QED) is 0.870. The lowest BCUT2D eigenvalue weighted by atomic mass is 9.81. The third-order valence-electron chi connectivity index (χ3n) is 5.20. The Hall–Kier alpha value is -1.35. The van der Waals surface area contributed by atoms with Crippen LogP contribution in [0.5, 0.6) is 0 Å². The first kappa shape index (κ1) is 14.6. The highest BCUT2D eigenvalue weighted by Gasteiger charge is 2.41. The van der Waals surface area contributed by atoms with Crippen LogP contribution in [0, 0.1) is 0 Å². The average molecular weight is 287 g/mol. The van der Waals surface area contributed by atoms with Crippen molar-refractivity contribution in [3.05, 3.63) is 35.9 Å². The van der Waals surface area contributed by atoms with Crippen molar-refractivity contribution in [3.63, 3.8) is 0 Å². The molecular formula is C18H27N2O+. The molecule has 114 valence electrons. The second-order valence-corrected chi connectivity index (χ2v) is 6.66. The Labute approximate surface area is 127 Å². The summed E-state index contributed by atoms with van der Waals surface area (Å²) >= 11 is 0. The van der Waals surface area contributed by atoms with E-state index in [1.54, 1.807) is 0 Å². The molecule has 1 aromatic rings. The summed E-state index contributed by atoms with van der Waals surface area (Å²) < 4.78 is 0. The second-order valence-electron chi connectivity index (χ2n) is 6.66. The molecule has 4 atom stereocenters. The molecule has 1 aromatic carbocycles. The highest BCUT2D eigenvalue weighted by Crippen LogP contribution is 2.22. The first-order chi connectivity index (χ1) is 10.3. The summed E-state index contributed by atoms with van der Waals surface area (Å²) in [4.78, 5) is 14.1. The Morgan fingerprint density at radius 1 is 1.19 bits per heavy atom. The van der Waals surface area contributed by atoms with Crippen LogP contribution < -0.4 is 10.2 Å². The Morgan fingerprint density at radius 2 is 1.86 bits per heavy atom. The number of hydrogen-bond acceptors (Lipinski definition) is 1. The first-order valence-corrected chi connectivity index (χ1v) is 8.49. The maximum atomic E-state index is 12.3. The summed E-state index contributed by atoms with van der Waals surface area (Å²) in [5, 5.41) is 3.27. The number of carbonyl (C=O) groups is 1. The Balaban J connectivity index is 1.62. The molecule has 2 heterocycles. The van der Waals surface area contributed by atoms with Crippen LogP contribution in [0.4, 0.5) is 0 Å². The predicted octanol–water partition coefficient (Wildman–Crippen LogP) is 1.79. The van der Waals surface area contributed by atoms with Crippen molar-refractivity contribution < 1.29 is 9.69 Å². The smallest absolute Gasteiger partial charge is 0.251 e. The summed E-state index contributed by atoms with van der Waals surface area (Å²) in [6, 6.07) is 11.5. The van der Waals surface area contributed by atoms with Crippen LogP contribution in [-0.4, -0.2) is 30.6 Å². The van der Waals surface area contributed by atoms with E-state index in [1.807, 2.05) is 35.2 Å². The number of nitrogens with one attached hydrogen (secondary N) is 2. The number of quaternary nitrogens is 1. The molecule has 1 amide bonds. The molecule has 3 rings (SSSR count). The first-order valence-electron chi connectivity index (χ1n) is 8.49. The molecule has 0 spiro atoms. The van der Waals surface area contributed by atoms with E-state index in [9.17, 15) is 4.79 Å². The number of piperidine rings is 2. The van der Waals surface area contributed by atoms with Crippen LogP contribution in [0.25, 0.3) is 0 Å². The molecule has 2 saturated heterocycles. The molecule has 2 unspecified atom stereocenters. The standard InChI is InChI=1S/C18H26N2O/c1-2-11-20-16-9-6-10-17(20)13-15(12-16)19-18(21)14-7-4-3-5-8-14/h3-5,7-8,15-17H,2,6,9-13H2,1H3,(H,19,21)/p+1/t15?,16-,17+. The van der Waals surface area contributed by atoms with E-state index in [4.69, 9.17) is 0 Å². The van der Waals surface area contributed by atoms with E-state index >= 15 is 0 Å². The van der Waals surface area contributed by atoms with Gasteiger partial charge in [-0.3, -0.25) is 4.79 Å². The molecule has 0 aromatic heterocycles. The molecular weight excluding hydrogens is 260 g/mol. The van der Waals surface area contributed by atoms with Crippen molar-refractivity contribution in [2.45, 2.75) is 63.6 Å². The van der Waals surface area contributed by atoms with Crippen molar-refractivity contribution in [2.75, 3.05) is 6.54 Å². The van der Waals surface area contributed by atoms with E-state index in [2.05, 4.69) is 12.2 Å². The van der Waals surface area contributed by atoms with Gasteiger partial charge in [0.05, 0.1) is 18.6 Å². The molecule has 2 fully saturated rings.